The van der Waals surface area contributed by atoms with Gasteiger partial charge in [0.05, 0.1) is 20.4 Å². The lowest BCUT2D eigenvalue weighted by Gasteiger charge is -2.28. The highest BCUT2D eigenvalue weighted by atomic mass is 32.2. The van der Waals surface area contributed by atoms with E-state index in [-0.39, 0.29) is 23.8 Å². The molecule has 2 aliphatic rings. The molecule has 1 aromatic rings. The van der Waals surface area contributed by atoms with E-state index >= 15 is 0 Å². The van der Waals surface area contributed by atoms with Gasteiger partial charge in [0.25, 0.3) is 5.91 Å². The van der Waals surface area contributed by atoms with Gasteiger partial charge in [0, 0.05) is 17.5 Å². The van der Waals surface area contributed by atoms with Crippen LogP contribution in [0.3, 0.4) is 0 Å². The van der Waals surface area contributed by atoms with Crippen molar-refractivity contribution < 1.29 is 23.1 Å². The highest BCUT2D eigenvalue weighted by molar-refractivity contribution is 8.00. The van der Waals surface area contributed by atoms with Crippen LogP contribution < -0.4 is 15.6 Å². The molecule has 8 nitrogen and oxygen atoms in total. The van der Waals surface area contributed by atoms with Gasteiger partial charge < -0.3 is 5.11 Å². The van der Waals surface area contributed by atoms with Crippen LogP contribution in [0.2, 0.25) is 0 Å². The van der Waals surface area contributed by atoms with Crippen molar-refractivity contribution in [2.75, 3.05) is 6.26 Å². The number of rotatable bonds is 6. The van der Waals surface area contributed by atoms with Crippen molar-refractivity contribution in [1.29, 1.82) is 0 Å². The van der Waals surface area contributed by atoms with E-state index in [9.17, 15) is 23.1 Å². The fraction of sp³-hybridized carbons (Fsp3) is 0.700. The van der Waals surface area contributed by atoms with Crippen molar-refractivity contribution in [3.05, 3.63) is 16.0 Å². The maximum absolute atomic E-state index is 12.7. The molecule has 1 atom stereocenters. The molecule has 2 amide bonds. The molecule has 1 aromatic heterocycles. The molecule has 3 rings (SSSR count). The maximum atomic E-state index is 12.7. The molecule has 11 heteroatoms. The number of hydrogen-bond donors (Lipinski definition) is 4. The van der Waals surface area contributed by atoms with E-state index in [1.165, 1.54) is 23.1 Å². The van der Waals surface area contributed by atoms with Gasteiger partial charge in [0.2, 0.25) is 15.9 Å². The first-order valence-electron chi connectivity index (χ1n) is 10.6. The third kappa shape index (κ3) is 5.62. The lowest BCUT2D eigenvalue weighted by atomic mass is 9.86. The molecule has 0 aliphatic heterocycles. The second kappa shape index (κ2) is 10.2. The van der Waals surface area contributed by atoms with Crippen molar-refractivity contribution in [3.63, 3.8) is 0 Å². The standard InChI is InChI=1S/C20H31N3O5S3/c1-11(2)31(27,28)23-13-9-7-12(8-10-13)18(25)21-22-19(26)17-14-5-4-6-15(24)16(14)20(29-3)30-17/h11-13,15,23-24H,4-10H2,1-3H3,(H,21,25)(H,22,26). The van der Waals surface area contributed by atoms with Crippen LogP contribution >= 0.6 is 23.1 Å². The van der Waals surface area contributed by atoms with Gasteiger partial charge in [-0.3, -0.25) is 20.4 Å². The number of carbonyl (C=O) groups excluding carboxylic acids is 2. The van der Waals surface area contributed by atoms with Gasteiger partial charge >= 0.3 is 0 Å². The topological polar surface area (TPSA) is 125 Å². The summed E-state index contributed by atoms with van der Waals surface area (Å²) in [5.41, 5.74) is 6.82. The first-order chi connectivity index (χ1) is 14.6. The van der Waals surface area contributed by atoms with Crippen LogP contribution in [0, 0.1) is 5.92 Å². The summed E-state index contributed by atoms with van der Waals surface area (Å²) in [5, 5.41) is 9.84. The average Bonchev–Trinajstić information content (AvgIpc) is 3.12. The summed E-state index contributed by atoms with van der Waals surface area (Å²) in [6.45, 7) is 3.27. The van der Waals surface area contributed by atoms with Crippen LogP contribution in [0.4, 0.5) is 0 Å². The molecule has 1 fully saturated rings. The normalized spacial score (nSPS) is 24.0. The number of amides is 2. The minimum absolute atomic E-state index is 0.153. The molecule has 0 saturated heterocycles. The Kier molecular flexibility index (Phi) is 8.06. The fourth-order valence-corrected chi connectivity index (χ4v) is 7.18. The Balaban J connectivity index is 1.53. The zero-order valence-electron chi connectivity index (χ0n) is 18.1. The monoisotopic (exact) mass is 489 g/mol. The molecule has 2 aliphatic carbocycles. The van der Waals surface area contributed by atoms with Crippen molar-refractivity contribution in [2.45, 2.75) is 80.4 Å². The number of aliphatic hydroxyl groups is 1. The Bertz CT molecular complexity index is 921. The second-order valence-electron chi connectivity index (χ2n) is 8.43. The summed E-state index contributed by atoms with van der Waals surface area (Å²) in [6.07, 6.45) is 5.96. The summed E-state index contributed by atoms with van der Waals surface area (Å²) in [4.78, 5) is 25.8. The molecule has 31 heavy (non-hydrogen) atoms. The summed E-state index contributed by atoms with van der Waals surface area (Å²) in [6, 6.07) is -0.153. The predicted molar refractivity (Wildman–Crippen MR) is 123 cm³/mol. The molecule has 4 N–H and O–H groups in total. The van der Waals surface area contributed by atoms with E-state index in [1.54, 1.807) is 13.8 Å². The number of hydrazine groups is 1. The Hall–Kier alpha value is -1.14. The molecule has 0 radical (unpaired) electrons. The Morgan fingerprint density at radius 3 is 2.42 bits per heavy atom. The van der Waals surface area contributed by atoms with Gasteiger partial charge in [-0.25, -0.2) is 13.1 Å². The Labute approximate surface area is 192 Å². The first-order valence-corrected chi connectivity index (χ1v) is 14.2. The van der Waals surface area contributed by atoms with Crippen LogP contribution in [0.1, 0.15) is 79.3 Å². The fourth-order valence-electron chi connectivity index (χ4n) is 4.11. The van der Waals surface area contributed by atoms with Gasteiger partial charge in [0.15, 0.2) is 0 Å². The van der Waals surface area contributed by atoms with E-state index < -0.39 is 21.4 Å². The molecule has 1 heterocycles. The van der Waals surface area contributed by atoms with E-state index in [1.807, 2.05) is 6.26 Å². The van der Waals surface area contributed by atoms with Crippen LogP contribution in [0.25, 0.3) is 0 Å². The zero-order valence-corrected chi connectivity index (χ0v) is 20.5. The zero-order chi connectivity index (χ0) is 22.8. The molecule has 0 aromatic carbocycles. The summed E-state index contributed by atoms with van der Waals surface area (Å²) >= 11 is 2.88. The number of aliphatic hydroxyl groups excluding tert-OH is 1. The van der Waals surface area contributed by atoms with Crippen LogP contribution in [0.5, 0.6) is 0 Å². The number of hydrogen-bond acceptors (Lipinski definition) is 7. The van der Waals surface area contributed by atoms with Gasteiger partial charge in [0.1, 0.15) is 0 Å². The van der Waals surface area contributed by atoms with E-state index in [2.05, 4.69) is 15.6 Å². The molecule has 1 unspecified atom stereocenters. The first kappa shape index (κ1) is 24.5. The molecule has 1 saturated carbocycles. The number of thiophene rings is 1. The SMILES string of the molecule is CSc1sc(C(=O)NNC(=O)C2CCC(NS(=O)(=O)C(C)C)CC2)c2c1C(O)CCC2. The molecule has 0 spiro atoms. The Morgan fingerprint density at radius 1 is 1.13 bits per heavy atom. The lowest BCUT2D eigenvalue weighted by Crippen LogP contribution is -2.47. The third-order valence-electron chi connectivity index (χ3n) is 5.99. The third-order valence-corrected chi connectivity index (χ3v) is 10.3. The summed E-state index contributed by atoms with van der Waals surface area (Å²) < 4.78 is 27.7. The van der Waals surface area contributed by atoms with Crippen molar-refractivity contribution in [1.82, 2.24) is 15.6 Å². The highest BCUT2D eigenvalue weighted by Crippen LogP contribution is 2.43. The van der Waals surface area contributed by atoms with Gasteiger partial charge in [-0.1, -0.05) is 0 Å². The van der Waals surface area contributed by atoms with Gasteiger partial charge in [-0.05, 0) is 70.6 Å². The van der Waals surface area contributed by atoms with Crippen LogP contribution in [0.15, 0.2) is 4.21 Å². The van der Waals surface area contributed by atoms with E-state index in [0.717, 1.165) is 28.2 Å². The quantitative estimate of drug-likeness (QED) is 0.359. The van der Waals surface area contributed by atoms with Crippen molar-refractivity contribution in [3.8, 4) is 0 Å². The number of sulfonamides is 1. The number of nitrogens with one attached hydrogen (secondary N) is 3. The molecular formula is C20H31N3O5S3. The minimum Gasteiger partial charge on any atom is -0.388 e. The maximum Gasteiger partial charge on any atom is 0.280 e. The number of fused-ring (bicyclic) bond motifs is 1. The lowest BCUT2D eigenvalue weighted by molar-refractivity contribution is -0.126. The average molecular weight is 490 g/mol. The summed E-state index contributed by atoms with van der Waals surface area (Å²) in [7, 11) is -3.33. The van der Waals surface area contributed by atoms with Gasteiger partial charge in [-0.2, -0.15) is 0 Å². The number of carbonyl (C=O) groups is 2. The second-order valence-corrected chi connectivity index (χ2v) is 12.8. The smallest absolute Gasteiger partial charge is 0.280 e. The van der Waals surface area contributed by atoms with Crippen LogP contribution in [-0.4, -0.2) is 42.9 Å². The number of thioether (sulfide) groups is 1. The Morgan fingerprint density at radius 2 is 1.81 bits per heavy atom. The van der Waals surface area contributed by atoms with E-state index in [4.69, 9.17) is 0 Å². The van der Waals surface area contributed by atoms with E-state index in [0.29, 0.717) is 37.0 Å². The molecular weight excluding hydrogens is 458 g/mol. The van der Waals surface area contributed by atoms with Crippen LogP contribution in [-0.2, 0) is 21.2 Å². The highest BCUT2D eigenvalue weighted by Gasteiger charge is 2.31. The largest absolute Gasteiger partial charge is 0.388 e. The van der Waals surface area contributed by atoms with Crippen molar-refractivity contribution >= 4 is 44.9 Å². The molecule has 174 valence electrons. The van der Waals surface area contributed by atoms with Crippen molar-refractivity contribution in [2.24, 2.45) is 5.92 Å². The summed E-state index contributed by atoms with van der Waals surface area (Å²) in [5.74, 6) is -0.877. The van der Waals surface area contributed by atoms with Gasteiger partial charge in [-0.15, -0.1) is 23.1 Å². The minimum atomic E-state index is -3.33. The molecule has 0 bridgehead atoms. The predicted octanol–water partition coefficient (Wildman–Crippen LogP) is 2.49.